The van der Waals surface area contributed by atoms with E-state index in [2.05, 4.69) is 88.4 Å². The van der Waals surface area contributed by atoms with Crippen LogP contribution in [0.3, 0.4) is 0 Å². The van der Waals surface area contributed by atoms with Crippen LogP contribution < -0.4 is 4.74 Å². The minimum Gasteiger partial charge on any atom is -0.496 e. The highest BCUT2D eigenvalue weighted by molar-refractivity contribution is 6.11. The molecule has 0 atom stereocenters. The molecule has 0 N–H and O–H groups in total. The van der Waals surface area contributed by atoms with Crippen molar-refractivity contribution in [3.8, 4) is 5.75 Å². The summed E-state index contributed by atoms with van der Waals surface area (Å²) in [6.07, 6.45) is 11.7. The fourth-order valence-electron chi connectivity index (χ4n) is 3.31. The number of aliphatic imine (C=N–C) groups is 1. The summed E-state index contributed by atoms with van der Waals surface area (Å²) in [6, 6.07) is 12.8. The summed E-state index contributed by atoms with van der Waals surface area (Å²) in [7, 11) is 1.70. The minimum absolute atomic E-state index is 0.821. The third-order valence-electron chi connectivity index (χ3n) is 4.85. The zero-order chi connectivity index (χ0) is 21.2. The van der Waals surface area contributed by atoms with E-state index in [1.165, 1.54) is 22.3 Å². The predicted octanol–water partition coefficient (Wildman–Crippen LogP) is 7.20. The van der Waals surface area contributed by atoms with Gasteiger partial charge in [-0.25, -0.2) is 0 Å². The Morgan fingerprint density at radius 2 is 1.79 bits per heavy atom. The summed E-state index contributed by atoms with van der Waals surface area (Å²) < 4.78 is 5.36. The van der Waals surface area contributed by atoms with Crippen molar-refractivity contribution in [2.75, 3.05) is 13.7 Å². The topological polar surface area (TPSA) is 21.6 Å². The van der Waals surface area contributed by atoms with E-state index in [9.17, 15) is 0 Å². The average molecular weight is 388 g/mol. The second-order valence-corrected chi connectivity index (χ2v) is 7.10. The molecule has 0 saturated heterocycles. The summed E-state index contributed by atoms with van der Waals surface area (Å²) in [5.74, 6) is 0.911. The Balaban J connectivity index is 2.39. The van der Waals surface area contributed by atoms with Crippen LogP contribution in [0.1, 0.15) is 55.0 Å². The third kappa shape index (κ3) is 6.05. The molecule has 152 valence electrons. The van der Waals surface area contributed by atoms with Crippen molar-refractivity contribution in [3.05, 3.63) is 88.5 Å². The Morgan fingerprint density at radius 3 is 2.38 bits per heavy atom. The average Bonchev–Trinajstić information content (AvgIpc) is 2.72. The smallest absolute Gasteiger partial charge is 0.121 e. The molecule has 0 aliphatic heterocycles. The molecule has 0 saturated carbocycles. The first kappa shape index (κ1) is 22.4. The fraction of sp³-hybridized carbons (Fsp3) is 0.296. The highest BCUT2D eigenvalue weighted by Gasteiger charge is 2.07. The van der Waals surface area contributed by atoms with Gasteiger partial charge in [-0.2, -0.15) is 0 Å². The van der Waals surface area contributed by atoms with Crippen LogP contribution in [0.4, 0.5) is 0 Å². The first-order valence-corrected chi connectivity index (χ1v) is 10.3. The van der Waals surface area contributed by atoms with Gasteiger partial charge in [0.05, 0.1) is 12.8 Å². The van der Waals surface area contributed by atoms with Crippen LogP contribution in [0.25, 0.3) is 11.6 Å². The van der Waals surface area contributed by atoms with E-state index in [-0.39, 0.29) is 0 Å². The lowest BCUT2D eigenvalue weighted by atomic mass is 9.96. The number of methoxy groups -OCH3 is 1. The second-order valence-electron chi connectivity index (χ2n) is 7.10. The molecule has 0 spiro atoms. The normalized spacial score (nSPS) is 12.9. The zero-order valence-electron chi connectivity index (χ0n) is 18.6. The molecular formula is C27H33NO. The van der Waals surface area contributed by atoms with Gasteiger partial charge in [0.25, 0.3) is 0 Å². The standard InChI is InChI=1S/C27H33NO/c1-7-10-23(9-3)24-13-14-25(20(4)19-24)26(28-17-8-2)15-11-22-12-16-27(29-6)21(5)18-22/h7,9-16,18-19H,8,17H2,1-6H3/b10-7-,15-11+,23-9+,28-26?. The van der Waals surface area contributed by atoms with Crippen LogP contribution in [-0.4, -0.2) is 19.4 Å². The van der Waals surface area contributed by atoms with Crippen molar-refractivity contribution in [1.82, 2.24) is 0 Å². The van der Waals surface area contributed by atoms with E-state index < -0.39 is 0 Å². The lowest BCUT2D eigenvalue weighted by Crippen LogP contribution is -2.02. The summed E-state index contributed by atoms with van der Waals surface area (Å²) >= 11 is 0. The molecule has 0 unspecified atom stereocenters. The van der Waals surface area contributed by atoms with E-state index in [1.807, 2.05) is 13.0 Å². The lowest BCUT2D eigenvalue weighted by molar-refractivity contribution is 0.411. The predicted molar refractivity (Wildman–Crippen MR) is 128 cm³/mol. The molecule has 0 amide bonds. The molecule has 0 radical (unpaired) electrons. The van der Waals surface area contributed by atoms with Crippen LogP contribution in [0.5, 0.6) is 5.75 Å². The lowest BCUT2D eigenvalue weighted by Gasteiger charge is -2.10. The van der Waals surface area contributed by atoms with Gasteiger partial charge in [-0.15, -0.1) is 0 Å². The molecule has 29 heavy (non-hydrogen) atoms. The third-order valence-corrected chi connectivity index (χ3v) is 4.85. The highest BCUT2D eigenvalue weighted by Crippen LogP contribution is 2.22. The van der Waals surface area contributed by atoms with Gasteiger partial charge in [0.2, 0.25) is 0 Å². The van der Waals surface area contributed by atoms with Gasteiger partial charge in [-0.3, -0.25) is 4.99 Å². The molecule has 2 aromatic rings. The summed E-state index contributed by atoms with van der Waals surface area (Å²) in [5, 5.41) is 0. The van der Waals surface area contributed by atoms with Crippen molar-refractivity contribution in [2.24, 2.45) is 4.99 Å². The summed E-state index contributed by atoms with van der Waals surface area (Å²) in [6.45, 7) is 11.3. The molecular weight excluding hydrogens is 354 g/mol. The van der Waals surface area contributed by atoms with Gasteiger partial charge in [0.15, 0.2) is 0 Å². The molecule has 0 aliphatic rings. The van der Waals surface area contributed by atoms with Gasteiger partial charge in [0, 0.05) is 12.1 Å². The first-order valence-electron chi connectivity index (χ1n) is 10.3. The van der Waals surface area contributed by atoms with Gasteiger partial charge < -0.3 is 4.74 Å². The molecule has 0 aromatic heterocycles. The maximum absolute atomic E-state index is 5.36. The van der Waals surface area contributed by atoms with Crippen LogP contribution in [0.15, 0.2) is 65.7 Å². The fourth-order valence-corrected chi connectivity index (χ4v) is 3.31. The minimum atomic E-state index is 0.821. The van der Waals surface area contributed by atoms with Crippen molar-refractivity contribution < 1.29 is 4.74 Å². The Morgan fingerprint density at radius 1 is 1.00 bits per heavy atom. The maximum Gasteiger partial charge on any atom is 0.121 e. The van der Waals surface area contributed by atoms with Crippen molar-refractivity contribution in [1.29, 1.82) is 0 Å². The van der Waals surface area contributed by atoms with E-state index in [4.69, 9.17) is 9.73 Å². The Labute approximate surface area is 176 Å². The number of nitrogens with zero attached hydrogens (tertiary/aromatic N) is 1. The molecule has 0 heterocycles. The van der Waals surface area contributed by atoms with Gasteiger partial charge >= 0.3 is 0 Å². The van der Waals surface area contributed by atoms with Crippen molar-refractivity contribution in [2.45, 2.75) is 41.0 Å². The van der Waals surface area contributed by atoms with Crippen molar-refractivity contribution in [3.63, 3.8) is 0 Å². The molecule has 2 heteroatoms. The maximum atomic E-state index is 5.36. The van der Waals surface area contributed by atoms with E-state index in [0.717, 1.165) is 35.6 Å². The van der Waals surface area contributed by atoms with Crippen molar-refractivity contribution >= 4 is 17.4 Å². The number of hydrogen-bond acceptors (Lipinski definition) is 2. The molecule has 0 fully saturated rings. The van der Waals surface area contributed by atoms with Crippen LogP contribution >= 0.6 is 0 Å². The monoisotopic (exact) mass is 387 g/mol. The number of hydrogen-bond donors (Lipinski definition) is 0. The number of benzene rings is 2. The Bertz CT molecular complexity index is 945. The second kappa shape index (κ2) is 11.2. The number of ether oxygens (including phenoxy) is 1. The van der Waals surface area contributed by atoms with E-state index in [0.29, 0.717) is 0 Å². The molecule has 0 bridgehead atoms. The molecule has 0 aliphatic carbocycles. The van der Waals surface area contributed by atoms with Crippen LogP contribution in [0, 0.1) is 13.8 Å². The van der Waals surface area contributed by atoms with Crippen LogP contribution in [-0.2, 0) is 0 Å². The number of rotatable bonds is 8. The number of allylic oxidation sites excluding steroid dienone is 5. The SMILES string of the molecule is C/C=C\C(=C/C)c1ccc(C(/C=C/c2ccc(OC)c(C)c2)=NCCC)c(C)c1. The Kier molecular flexibility index (Phi) is 8.67. The van der Waals surface area contributed by atoms with Gasteiger partial charge in [0.1, 0.15) is 5.75 Å². The molecule has 2 nitrogen and oxygen atoms in total. The first-order chi connectivity index (χ1) is 14.0. The zero-order valence-corrected chi connectivity index (χ0v) is 18.6. The Hall–Kier alpha value is -2.87. The van der Waals surface area contributed by atoms with Crippen LogP contribution in [0.2, 0.25) is 0 Å². The number of aryl methyl sites for hydroxylation is 2. The molecule has 2 aromatic carbocycles. The largest absolute Gasteiger partial charge is 0.496 e. The molecule has 2 rings (SSSR count). The quantitative estimate of drug-likeness (QED) is 0.346. The van der Waals surface area contributed by atoms with Gasteiger partial charge in [-0.05, 0) is 80.2 Å². The summed E-state index contributed by atoms with van der Waals surface area (Å²) in [4.78, 5) is 4.85. The highest BCUT2D eigenvalue weighted by atomic mass is 16.5. The summed E-state index contributed by atoms with van der Waals surface area (Å²) in [5.41, 5.74) is 8.18. The van der Waals surface area contributed by atoms with Gasteiger partial charge in [-0.1, -0.05) is 55.5 Å². The van der Waals surface area contributed by atoms with E-state index >= 15 is 0 Å². The van der Waals surface area contributed by atoms with E-state index in [1.54, 1.807) is 7.11 Å².